The van der Waals surface area contributed by atoms with Crippen LogP contribution in [0.1, 0.15) is 194 Å². The van der Waals surface area contributed by atoms with Crippen LogP contribution < -0.4 is 0 Å². The number of esters is 3. The second-order valence-electron chi connectivity index (χ2n) is 14.9. The molecule has 0 radical (unpaired) electrons. The summed E-state index contributed by atoms with van der Waals surface area (Å²) in [6, 6.07) is 0. The molecule has 0 rings (SSSR count). The molecule has 0 saturated heterocycles. The van der Waals surface area contributed by atoms with Crippen molar-refractivity contribution in [2.45, 2.75) is 200 Å². The van der Waals surface area contributed by atoms with Crippen LogP contribution in [-0.4, -0.2) is 37.2 Å². The summed E-state index contributed by atoms with van der Waals surface area (Å²) in [5.41, 5.74) is 0. The molecule has 6 heteroatoms. The van der Waals surface area contributed by atoms with Gasteiger partial charge in [0.2, 0.25) is 0 Å². The van der Waals surface area contributed by atoms with Crippen molar-refractivity contribution in [3.63, 3.8) is 0 Å². The van der Waals surface area contributed by atoms with Gasteiger partial charge >= 0.3 is 17.9 Å². The fourth-order valence-corrected chi connectivity index (χ4v) is 5.87. The van der Waals surface area contributed by atoms with Crippen LogP contribution in [0.5, 0.6) is 0 Å². The molecular formula is C52H84O6. The largest absolute Gasteiger partial charge is 0.462 e. The number of allylic oxidation sites excluding steroid dienone is 16. The van der Waals surface area contributed by atoms with E-state index in [4.69, 9.17) is 14.2 Å². The lowest BCUT2D eigenvalue weighted by Crippen LogP contribution is -2.30. The summed E-state index contributed by atoms with van der Waals surface area (Å²) in [5, 5.41) is 0. The minimum Gasteiger partial charge on any atom is -0.462 e. The van der Waals surface area contributed by atoms with Crippen molar-refractivity contribution in [1.82, 2.24) is 0 Å². The van der Waals surface area contributed by atoms with Crippen LogP contribution in [0, 0.1) is 0 Å². The lowest BCUT2D eigenvalue weighted by molar-refractivity contribution is -0.167. The maximum atomic E-state index is 12.7. The van der Waals surface area contributed by atoms with E-state index in [0.717, 1.165) is 89.9 Å². The Hall–Kier alpha value is -3.67. The molecule has 0 aliphatic heterocycles. The number of carbonyl (C=O) groups excluding carboxylic acids is 3. The van der Waals surface area contributed by atoms with Crippen LogP contribution in [-0.2, 0) is 28.6 Å². The van der Waals surface area contributed by atoms with Gasteiger partial charge in [-0.05, 0) is 103 Å². The number of hydrogen-bond donors (Lipinski definition) is 0. The van der Waals surface area contributed by atoms with Gasteiger partial charge in [-0.3, -0.25) is 14.4 Å². The van der Waals surface area contributed by atoms with Crippen LogP contribution in [0.25, 0.3) is 0 Å². The normalized spacial score (nSPS) is 12.9. The standard InChI is InChI=1S/C52H84O6/c1-4-7-10-13-16-19-21-23-25-26-27-29-30-33-36-39-42-45-51(54)57-48-49(47-56-50(53)44-41-38-35-32-18-15-12-9-6-3)58-52(55)46-43-40-37-34-31-28-24-22-20-17-14-11-8-5-2/h7-8,10-11,16-17,19-20,23,25,27,29,32-33,35-36,49H,4-6,9,12-15,18,21-22,24,26,28,30-31,34,37-48H2,1-3H3/b10-7-,11-8-,19-16-,20-17-,25-23-,29-27-,35-32-,36-33-. The van der Waals surface area contributed by atoms with Gasteiger partial charge in [-0.2, -0.15) is 0 Å². The average molecular weight is 805 g/mol. The van der Waals surface area contributed by atoms with Crippen LogP contribution >= 0.6 is 0 Å². The lowest BCUT2D eigenvalue weighted by atomic mass is 10.1. The second kappa shape index (κ2) is 46.0. The zero-order chi connectivity index (χ0) is 42.3. The molecule has 0 amide bonds. The smallest absolute Gasteiger partial charge is 0.306 e. The predicted octanol–water partition coefficient (Wildman–Crippen LogP) is 15.0. The van der Waals surface area contributed by atoms with Gasteiger partial charge in [0.1, 0.15) is 13.2 Å². The third-order valence-electron chi connectivity index (χ3n) is 9.30. The van der Waals surface area contributed by atoms with E-state index >= 15 is 0 Å². The first-order valence-corrected chi connectivity index (χ1v) is 23.2. The fourth-order valence-electron chi connectivity index (χ4n) is 5.87. The summed E-state index contributed by atoms with van der Waals surface area (Å²) in [4.78, 5) is 37.7. The van der Waals surface area contributed by atoms with E-state index in [9.17, 15) is 14.4 Å². The first kappa shape index (κ1) is 54.3. The van der Waals surface area contributed by atoms with E-state index in [2.05, 4.69) is 118 Å². The molecule has 0 bridgehead atoms. The van der Waals surface area contributed by atoms with E-state index in [1.165, 1.54) is 51.4 Å². The van der Waals surface area contributed by atoms with Crippen molar-refractivity contribution in [2.24, 2.45) is 0 Å². The highest BCUT2D eigenvalue weighted by Crippen LogP contribution is 2.12. The third-order valence-corrected chi connectivity index (χ3v) is 9.30. The van der Waals surface area contributed by atoms with Crippen LogP contribution in [0.3, 0.4) is 0 Å². The molecule has 0 heterocycles. The fraction of sp³-hybridized carbons (Fsp3) is 0.635. The minimum atomic E-state index is -0.814. The molecule has 6 nitrogen and oxygen atoms in total. The highest BCUT2D eigenvalue weighted by molar-refractivity contribution is 5.71. The predicted molar refractivity (Wildman–Crippen MR) is 247 cm³/mol. The Morgan fingerprint density at radius 1 is 0.362 bits per heavy atom. The Labute approximate surface area is 356 Å². The summed E-state index contributed by atoms with van der Waals surface area (Å²) >= 11 is 0. The topological polar surface area (TPSA) is 78.9 Å². The summed E-state index contributed by atoms with van der Waals surface area (Å²) in [5.74, 6) is -1.03. The maximum Gasteiger partial charge on any atom is 0.306 e. The van der Waals surface area contributed by atoms with Gasteiger partial charge in [-0.1, -0.05) is 169 Å². The molecule has 0 aromatic carbocycles. The summed E-state index contributed by atoms with van der Waals surface area (Å²) < 4.78 is 16.6. The molecule has 1 atom stereocenters. The van der Waals surface area contributed by atoms with E-state index in [1.807, 2.05) is 0 Å². The number of carbonyl (C=O) groups is 3. The molecule has 0 aromatic rings. The molecule has 0 N–H and O–H groups in total. The maximum absolute atomic E-state index is 12.7. The van der Waals surface area contributed by atoms with Gasteiger partial charge in [0, 0.05) is 19.3 Å². The molecule has 328 valence electrons. The third kappa shape index (κ3) is 43.5. The number of hydrogen-bond acceptors (Lipinski definition) is 6. The van der Waals surface area contributed by atoms with Crippen molar-refractivity contribution in [3.8, 4) is 0 Å². The molecule has 0 spiro atoms. The Morgan fingerprint density at radius 2 is 0.690 bits per heavy atom. The van der Waals surface area contributed by atoms with E-state index < -0.39 is 6.10 Å². The number of ether oxygens (including phenoxy) is 3. The van der Waals surface area contributed by atoms with Crippen molar-refractivity contribution >= 4 is 17.9 Å². The Bertz CT molecular complexity index is 1200. The highest BCUT2D eigenvalue weighted by atomic mass is 16.6. The van der Waals surface area contributed by atoms with Crippen LogP contribution in [0.15, 0.2) is 97.2 Å². The van der Waals surface area contributed by atoms with Gasteiger partial charge in [-0.15, -0.1) is 0 Å². The van der Waals surface area contributed by atoms with Crippen LogP contribution in [0.2, 0.25) is 0 Å². The van der Waals surface area contributed by atoms with E-state index in [-0.39, 0.29) is 37.5 Å². The highest BCUT2D eigenvalue weighted by Gasteiger charge is 2.19. The molecule has 1 unspecified atom stereocenters. The van der Waals surface area contributed by atoms with Gasteiger partial charge < -0.3 is 14.2 Å². The summed E-state index contributed by atoms with van der Waals surface area (Å²) in [6.07, 6.45) is 59.8. The average Bonchev–Trinajstić information content (AvgIpc) is 3.22. The Kier molecular flexibility index (Phi) is 43.1. The van der Waals surface area contributed by atoms with E-state index in [0.29, 0.717) is 25.7 Å². The Morgan fingerprint density at radius 3 is 1.12 bits per heavy atom. The zero-order valence-corrected chi connectivity index (χ0v) is 37.3. The molecule has 0 aromatic heterocycles. The van der Waals surface area contributed by atoms with Gasteiger partial charge in [-0.25, -0.2) is 0 Å². The summed E-state index contributed by atoms with van der Waals surface area (Å²) in [7, 11) is 0. The molecule has 0 aliphatic carbocycles. The Balaban J connectivity index is 4.49. The molecule has 0 saturated carbocycles. The minimum absolute atomic E-state index is 0.115. The van der Waals surface area contributed by atoms with Gasteiger partial charge in [0.05, 0.1) is 0 Å². The SMILES string of the molecule is CC/C=C\C/C=C\C/C=C\C/C=C\C/C=C\CCCC(=O)OCC(COC(=O)CCC/C=C\CCCCCC)OC(=O)CCCCCCCCC/C=C\C/C=C\CC. The first-order valence-electron chi connectivity index (χ1n) is 23.2. The van der Waals surface area contributed by atoms with Crippen molar-refractivity contribution in [1.29, 1.82) is 0 Å². The monoisotopic (exact) mass is 805 g/mol. The number of unbranched alkanes of at least 4 members (excludes halogenated alkanes) is 13. The van der Waals surface area contributed by atoms with Gasteiger partial charge in [0.25, 0.3) is 0 Å². The molecule has 0 fully saturated rings. The first-order chi connectivity index (χ1) is 28.5. The zero-order valence-electron chi connectivity index (χ0n) is 37.3. The van der Waals surface area contributed by atoms with Crippen molar-refractivity contribution in [2.75, 3.05) is 13.2 Å². The van der Waals surface area contributed by atoms with Crippen molar-refractivity contribution in [3.05, 3.63) is 97.2 Å². The molecule has 0 aliphatic rings. The molecular weight excluding hydrogens is 721 g/mol. The van der Waals surface area contributed by atoms with Crippen LogP contribution in [0.4, 0.5) is 0 Å². The van der Waals surface area contributed by atoms with Crippen molar-refractivity contribution < 1.29 is 28.6 Å². The van der Waals surface area contributed by atoms with Gasteiger partial charge in [0.15, 0.2) is 6.10 Å². The second-order valence-corrected chi connectivity index (χ2v) is 14.9. The molecule has 58 heavy (non-hydrogen) atoms. The number of rotatable bonds is 40. The van der Waals surface area contributed by atoms with E-state index in [1.54, 1.807) is 0 Å². The quantitative estimate of drug-likeness (QED) is 0.0266. The summed E-state index contributed by atoms with van der Waals surface area (Å²) in [6.45, 7) is 6.27. The lowest BCUT2D eigenvalue weighted by Gasteiger charge is -2.18.